The molecule has 2 fully saturated rings. The zero-order valence-electron chi connectivity index (χ0n) is 11.5. The predicted molar refractivity (Wildman–Crippen MR) is 69.1 cm³/mol. The number of piperidine rings is 1. The van der Waals surface area contributed by atoms with E-state index >= 15 is 0 Å². The van der Waals surface area contributed by atoms with Crippen molar-refractivity contribution in [2.24, 2.45) is 5.41 Å². The molecule has 0 bridgehead atoms. The van der Waals surface area contributed by atoms with Gasteiger partial charge in [0.25, 0.3) is 0 Å². The molecular weight excluding hydrogens is 228 g/mol. The Morgan fingerprint density at radius 2 is 1.89 bits per heavy atom. The molecule has 2 aliphatic rings. The highest BCUT2D eigenvalue weighted by Crippen LogP contribution is 2.50. The molecular formula is C14H22N2O2. The van der Waals surface area contributed by atoms with Crippen LogP contribution in [0.1, 0.15) is 46.5 Å². The third kappa shape index (κ3) is 2.77. The lowest BCUT2D eigenvalue weighted by molar-refractivity contribution is -0.00701. The van der Waals surface area contributed by atoms with Gasteiger partial charge in [-0.05, 0) is 39.0 Å². The van der Waals surface area contributed by atoms with Crippen molar-refractivity contribution in [3.05, 3.63) is 11.4 Å². The van der Waals surface area contributed by atoms with Gasteiger partial charge in [-0.15, -0.1) is 0 Å². The summed E-state index contributed by atoms with van der Waals surface area (Å²) >= 11 is 0. The molecule has 0 aromatic rings. The molecule has 1 saturated carbocycles. The summed E-state index contributed by atoms with van der Waals surface area (Å²) < 4.78 is 5.38. The fourth-order valence-electron chi connectivity index (χ4n) is 2.93. The Bertz CT molecular complexity index is 362. The van der Waals surface area contributed by atoms with Gasteiger partial charge in [0.2, 0.25) is 6.04 Å². The summed E-state index contributed by atoms with van der Waals surface area (Å²) in [5.41, 5.74) is -0.0639. The van der Waals surface area contributed by atoms with E-state index in [2.05, 4.69) is 4.85 Å². The van der Waals surface area contributed by atoms with E-state index in [1.165, 1.54) is 0 Å². The molecule has 0 atom stereocenters. The van der Waals surface area contributed by atoms with Crippen LogP contribution in [0.4, 0.5) is 4.79 Å². The summed E-state index contributed by atoms with van der Waals surface area (Å²) in [7, 11) is 0. The van der Waals surface area contributed by atoms with Crippen molar-refractivity contribution in [1.82, 2.24) is 4.90 Å². The maximum Gasteiger partial charge on any atom is 0.410 e. The zero-order valence-corrected chi connectivity index (χ0v) is 11.5. The maximum atomic E-state index is 11.9. The summed E-state index contributed by atoms with van der Waals surface area (Å²) in [5.74, 6) is 0. The van der Waals surface area contributed by atoms with Crippen molar-refractivity contribution in [1.29, 1.82) is 0 Å². The average Bonchev–Trinajstić information content (AvgIpc) is 2.23. The summed E-state index contributed by atoms with van der Waals surface area (Å²) in [6, 6.07) is 0.234. The third-order valence-corrected chi connectivity index (χ3v) is 4.00. The Balaban J connectivity index is 1.81. The van der Waals surface area contributed by atoms with Crippen LogP contribution < -0.4 is 0 Å². The first-order valence-electron chi connectivity index (χ1n) is 6.68. The number of ether oxygens (including phenoxy) is 1. The van der Waals surface area contributed by atoms with E-state index in [0.29, 0.717) is 5.41 Å². The van der Waals surface area contributed by atoms with Crippen LogP contribution in [0.15, 0.2) is 0 Å². The number of amides is 1. The van der Waals surface area contributed by atoms with Gasteiger partial charge in [0, 0.05) is 25.9 Å². The van der Waals surface area contributed by atoms with Crippen molar-refractivity contribution in [2.45, 2.75) is 58.1 Å². The Morgan fingerprint density at radius 3 is 2.33 bits per heavy atom. The second-order valence-electron chi connectivity index (χ2n) is 6.66. The van der Waals surface area contributed by atoms with Crippen LogP contribution in [0.2, 0.25) is 0 Å². The molecule has 0 unspecified atom stereocenters. The van der Waals surface area contributed by atoms with Crippen molar-refractivity contribution >= 4 is 6.09 Å². The molecule has 4 nitrogen and oxygen atoms in total. The molecule has 1 aliphatic heterocycles. The first-order valence-corrected chi connectivity index (χ1v) is 6.68. The smallest absolute Gasteiger partial charge is 0.410 e. The molecule has 18 heavy (non-hydrogen) atoms. The minimum Gasteiger partial charge on any atom is -0.444 e. The highest BCUT2D eigenvalue weighted by molar-refractivity contribution is 5.68. The monoisotopic (exact) mass is 250 g/mol. The summed E-state index contributed by atoms with van der Waals surface area (Å²) in [6.07, 6.45) is 3.91. The van der Waals surface area contributed by atoms with Gasteiger partial charge in [-0.25, -0.2) is 11.4 Å². The van der Waals surface area contributed by atoms with Crippen LogP contribution in [-0.2, 0) is 4.74 Å². The van der Waals surface area contributed by atoms with Crippen molar-refractivity contribution in [2.75, 3.05) is 13.1 Å². The van der Waals surface area contributed by atoms with Crippen molar-refractivity contribution in [3.63, 3.8) is 0 Å². The molecule has 2 rings (SSSR count). The fraction of sp³-hybridized carbons (Fsp3) is 0.857. The number of carbonyl (C=O) groups is 1. The van der Waals surface area contributed by atoms with Gasteiger partial charge in [-0.1, -0.05) is 0 Å². The number of hydrogen-bond acceptors (Lipinski definition) is 2. The minimum absolute atomic E-state index is 0.196. The van der Waals surface area contributed by atoms with Gasteiger partial charge < -0.3 is 14.5 Å². The quantitative estimate of drug-likeness (QED) is 0.619. The van der Waals surface area contributed by atoms with E-state index in [-0.39, 0.29) is 12.1 Å². The van der Waals surface area contributed by atoms with Gasteiger partial charge in [-0.2, -0.15) is 0 Å². The number of hydrogen-bond donors (Lipinski definition) is 0. The van der Waals surface area contributed by atoms with Gasteiger partial charge in [-0.3, -0.25) is 0 Å². The molecule has 4 heteroatoms. The molecule has 0 aromatic carbocycles. The molecule has 1 amide bonds. The van der Waals surface area contributed by atoms with Crippen LogP contribution in [0, 0.1) is 12.0 Å². The topological polar surface area (TPSA) is 33.9 Å². The molecule has 1 spiro atoms. The molecule has 0 N–H and O–H groups in total. The first kappa shape index (κ1) is 13.2. The van der Waals surface area contributed by atoms with Crippen LogP contribution >= 0.6 is 0 Å². The molecule has 100 valence electrons. The Morgan fingerprint density at radius 1 is 1.33 bits per heavy atom. The van der Waals surface area contributed by atoms with E-state index in [4.69, 9.17) is 11.3 Å². The van der Waals surface area contributed by atoms with E-state index < -0.39 is 5.60 Å². The molecule has 1 saturated heterocycles. The standard InChI is InChI=1S/C14H22N2O2/c1-13(2,3)18-12(17)16-7-5-14(6-8-16)9-11(10-14)15-4/h11H,5-10H2,1-3H3. The van der Waals surface area contributed by atoms with E-state index in [9.17, 15) is 4.79 Å². The van der Waals surface area contributed by atoms with Gasteiger partial charge in [0.05, 0.1) is 0 Å². The van der Waals surface area contributed by atoms with Gasteiger partial charge >= 0.3 is 6.09 Å². The average molecular weight is 250 g/mol. The second-order valence-corrected chi connectivity index (χ2v) is 6.66. The number of carbonyl (C=O) groups excluding carboxylic acids is 1. The van der Waals surface area contributed by atoms with Crippen LogP contribution in [0.3, 0.4) is 0 Å². The maximum absolute atomic E-state index is 11.9. The van der Waals surface area contributed by atoms with Crippen LogP contribution in [-0.4, -0.2) is 35.7 Å². The van der Waals surface area contributed by atoms with Crippen molar-refractivity contribution in [3.8, 4) is 0 Å². The fourth-order valence-corrected chi connectivity index (χ4v) is 2.93. The van der Waals surface area contributed by atoms with Gasteiger partial charge in [0.1, 0.15) is 5.60 Å². The highest BCUT2D eigenvalue weighted by Gasteiger charge is 2.50. The SMILES string of the molecule is [C-]#[N+]C1CC2(CCN(C(=O)OC(C)(C)C)CC2)C1. The van der Waals surface area contributed by atoms with E-state index in [0.717, 1.165) is 38.8 Å². The Labute approximate surface area is 109 Å². The van der Waals surface area contributed by atoms with Gasteiger partial charge in [0.15, 0.2) is 0 Å². The number of likely N-dealkylation sites (tertiary alicyclic amines) is 1. The molecule has 1 heterocycles. The lowest BCUT2D eigenvalue weighted by atomic mass is 9.60. The summed E-state index contributed by atoms with van der Waals surface area (Å²) in [4.78, 5) is 17.3. The highest BCUT2D eigenvalue weighted by atomic mass is 16.6. The number of rotatable bonds is 0. The largest absolute Gasteiger partial charge is 0.444 e. The number of nitrogens with zero attached hydrogens (tertiary/aromatic N) is 2. The second kappa shape index (κ2) is 4.46. The predicted octanol–water partition coefficient (Wildman–Crippen LogP) is 3.09. The van der Waals surface area contributed by atoms with Crippen LogP contribution in [0.5, 0.6) is 0 Å². The van der Waals surface area contributed by atoms with E-state index in [1.807, 2.05) is 25.7 Å². The molecule has 0 aromatic heterocycles. The lowest BCUT2D eigenvalue weighted by Gasteiger charge is -2.47. The summed E-state index contributed by atoms with van der Waals surface area (Å²) in [6.45, 7) is 14.2. The molecule has 0 radical (unpaired) electrons. The van der Waals surface area contributed by atoms with Crippen LogP contribution in [0.25, 0.3) is 4.85 Å². The minimum atomic E-state index is -0.419. The van der Waals surface area contributed by atoms with E-state index in [1.54, 1.807) is 0 Å². The normalized spacial score (nSPS) is 23.3. The zero-order chi connectivity index (χ0) is 13.4. The van der Waals surface area contributed by atoms with Crippen molar-refractivity contribution < 1.29 is 9.53 Å². The Hall–Kier alpha value is -1.24. The first-order chi connectivity index (χ1) is 8.34. The summed E-state index contributed by atoms with van der Waals surface area (Å²) in [5, 5.41) is 0. The molecule has 1 aliphatic carbocycles. The third-order valence-electron chi connectivity index (χ3n) is 4.00. The Kier molecular flexibility index (Phi) is 3.27. The lowest BCUT2D eigenvalue weighted by Crippen LogP contribution is -2.50.